The molecular weight excluding hydrogens is 214 g/mol. The third kappa shape index (κ3) is 1.96. The summed E-state index contributed by atoms with van der Waals surface area (Å²) in [5, 5.41) is 1.05. The maximum atomic E-state index is 11.6. The van der Waals surface area contributed by atoms with Crippen LogP contribution in [0.15, 0.2) is 31.0 Å². The van der Waals surface area contributed by atoms with Gasteiger partial charge in [0, 0.05) is 17.1 Å². The first-order chi connectivity index (χ1) is 8.17. The number of carbonyl (C=O) groups excluding carboxylic acids is 1. The zero-order valence-electron chi connectivity index (χ0n) is 10.0. The van der Waals surface area contributed by atoms with Crippen molar-refractivity contribution in [2.45, 2.75) is 13.3 Å². The number of benzene rings is 1. The molecule has 0 atom stereocenters. The number of hydrogen-bond donors (Lipinski definition) is 1. The molecule has 0 radical (unpaired) electrons. The molecule has 3 heteroatoms. The minimum Gasteiger partial charge on any atom is -0.465 e. The minimum atomic E-state index is -0.296. The summed E-state index contributed by atoms with van der Waals surface area (Å²) in [5.41, 5.74) is 3.70. The average Bonchev–Trinajstić information content (AvgIpc) is 2.70. The van der Waals surface area contributed by atoms with Crippen LogP contribution in [-0.4, -0.2) is 18.1 Å². The van der Waals surface area contributed by atoms with Crippen LogP contribution < -0.4 is 0 Å². The molecule has 3 nitrogen and oxygen atoms in total. The summed E-state index contributed by atoms with van der Waals surface area (Å²) in [6, 6.07) is 3.85. The Kier molecular flexibility index (Phi) is 3.00. The second-order valence-corrected chi connectivity index (χ2v) is 4.01. The van der Waals surface area contributed by atoms with Crippen molar-refractivity contribution < 1.29 is 9.53 Å². The standard InChI is InChI=1S/C14H15NO2/c1-4-5-10-8-15-13-6-9(2)11(7-12(10)13)14(16)17-3/h4,6-8,15H,1,5H2,2-3H3. The first kappa shape index (κ1) is 11.5. The summed E-state index contributed by atoms with van der Waals surface area (Å²) in [6.07, 6.45) is 4.58. The number of aromatic nitrogens is 1. The molecule has 0 unspecified atom stereocenters. The van der Waals surface area contributed by atoms with E-state index in [4.69, 9.17) is 4.74 Å². The fraction of sp³-hybridized carbons (Fsp3) is 0.214. The Morgan fingerprint density at radius 2 is 2.29 bits per heavy atom. The molecule has 2 rings (SSSR count). The molecule has 1 N–H and O–H groups in total. The number of hydrogen-bond acceptors (Lipinski definition) is 2. The normalized spacial score (nSPS) is 10.5. The van der Waals surface area contributed by atoms with Gasteiger partial charge < -0.3 is 9.72 Å². The van der Waals surface area contributed by atoms with Crippen molar-refractivity contribution in [2.75, 3.05) is 7.11 Å². The maximum absolute atomic E-state index is 11.6. The minimum absolute atomic E-state index is 0.296. The Labute approximate surface area is 100 Å². The van der Waals surface area contributed by atoms with Gasteiger partial charge in [0.15, 0.2) is 0 Å². The van der Waals surface area contributed by atoms with Crippen molar-refractivity contribution in [1.29, 1.82) is 0 Å². The number of fused-ring (bicyclic) bond motifs is 1. The number of allylic oxidation sites excluding steroid dienone is 1. The third-order valence-corrected chi connectivity index (χ3v) is 2.88. The van der Waals surface area contributed by atoms with E-state index in [1.165, 1.54) is 7.11 Å². The summed E-state index contributed by atoms with van der Waals surface area (Å²) in [5.74, 6) is -0.296. The van der Waals surface area contributed by atoms with E-state index in [1.807, 2.05) is 31.3 Å². The van der Waals surface area contributed by atoms with Gasteiger partial charge in [0.1, 0.15) is 0 Å². The number of nitrogens with one attached hydrogen (secondary N) is 1. The molecular formula is C14H15NO2. The Hall–Kier alpha value is -2.03. The van der Waals surface area contributed by atoms with Gasteiger partial charge in [-0.2, -0.15) is 0 Å². The number of methoxy groups -OCH3 is 1. The van der Waals surface area contributed by atoms with Crippen molar-refractivity contribution in [3.05, 3.63) is 47.7 Å². The van der Waals surface area contributed by atoms with E-state index in [1.54, 1.807) is 0 Å². The van der Waals surface area contributed by atoms with Gasteiger partial charge in [0.25, 0.3) is 0 Å². The Morgan fingerprint density at radius 1 is 1.53 bits per heavy atom. The Bertz CT molecular complexity index is 581. The lowest BCUT2D eigenvalue weighted by Gasteiger charge is -2.04. The zero-order chi connectivity index (χ0) is 12.4. The number of rotatable bonds is 3. The second-order valence-electron chi connectivity index (χ2n) is 4.01. The molecule has 17 heavy (non-hydrogen) atoms. The van der Waals surface area contributed by atoms with Gasteiger partial charge >= 0.3 is 5.97 Å². The van der Waals surface area contributed by atoms with Gasteiger partial charge in [-0.1, -0.05) is 6.08 Å². The number of H-pyrrole nitrogens is 1. The summed E-state index contributed by atoms with van der Waals surface area (Å²) in [7, 11) is 1.40. The molecule has 0 saturated heterocycles. The number of aromatic amines is 1. The SMILES string of the molecule is C=CCc1c[nH]c2cc(C)c(C(=O)OC)cc12. The molecule has 0 spiro atoms. The van der Waals surface area contributed by atoms with Crippen LogP contribution in [0, 0.1) is 6.92 Å². The molecule has 0 amide bonds. The lowest BCUT2D eigenvalue weighted by molar-refractivity contribution is 0.0600. The van der Waals surface area contributed by atoms with Crippen LogP contribution in [0.3, 0.4) is 0 Å². The molecule has 0 bridgehead atoms. The largest absolute Gasteiger partial charge is 0.465 e. The van der Waals surface area contributed by atoms with Gasteiger partial charge in [-0.3, -0.25) is 0 Å². The molecule has 2 aromatic rings. The molecule has 88 valence electrons. The van der Waals surface area contributed by atoms with Gasteiger partial charge in [0.2, 0.25) is 0 Å². The highest BCUT2D eigenvalue weighted by atomic mass is 16.5. The highest BCUT2D eigenvalue weighted by Gasteiger charge is 2.12. The average molecular weight is 229 g/mol. The Morgan fingerprint density at radius 3 is 2.94 bits per heavy atom. The first-order valence-corrected chi connectivity index (χ1v) is 5.47. The zero-order valence-corrected chi connectivity index (χ0v) is 10.0. The highest BCUT2D eigenvalue weighted by Crippen LogP contribution is 2.23. The van der Waals surface area contributed by atoms with Crippen LogP contribution in [0.25, 0.3) is 10.9 Å². The Balaban J connectivity index is 2.62. The van der Waals surface area contributed by atoms with Gasteiger partial charge in [-0.25, -0.2) is 4.79 Å². The molecule has 0 saturated carbocycles. The molecule has 1 aromatic heterocycles. The maximum Gasteiger partial charge on any atom is 0.338 e. The number of esters is 1. The van der Waals surface area contributed by atoms with E-state index in [9.17, 15) is 4.79 Å². The molecule has 1 heterocycles. The summed E-state index contributed by atoms with van der Waals surface area (Å²) >= 11 is 0. The fourth-order valence-electron chi connectivity index (χ4n) is 1.99. The summed E-state index contributed by atoms with van der Waals surface area (Å²) in [6.45, 7) is 5.63. The quantitative estimate of drug-likeness (QED) is 0.649. The monoisotopic (exact) mass is 229 g/mol. The van der Waals surface area contributed by atoms with Crippen LogP contribution in [0.4, 0.5) is 0 Å². The number of carbonyl (C=O) groups is 1. The van der Waals surface area contributed by atoms with Crippen molar-refractivity contribution in [1.82, 2.24) is 4.98 Å². The molecule has 0 aliphatic carbocycles. The van der Waals surface area contributed by atoms with E-state index >= 15 is 0 Å². The van der Waals surface area contributed by atoms with Gasteiger partial charge in [-0.15, -0.1) is 6.58 Å². The number of aryl methyl sites for hydroxylation is 1. The van der Waals surface area contributed by atoms with Gasteiger partial charge in [-0.05, 0) is 36.6 Å². The molecule has 1 aromatic carbocycles. The predicted octanol–water partition coefficient (Wildman–Crippen LogP) is 2.99. The molecule has 0 fully saturated rings. The third-order valence-electron chi connectivity index (χ3n) is 2.88. The van der Waals surface area contributed by atoms with Gasteiger partial charge in [0.05, 0.1) is 12.7 Å². The first-order valence-electron chi connectivity index (χ1n) is 5.47. The smallest absolute Gasteiger partial charge is 0.338 e. The summed E-state index contributed by atoms with van der Waals surface area (Å²) < 4.78 is 4.77. The van der Waals surface area contributed by atoms with Crippen LogP contribution >= 0.6 is 0 Å². The van der Waals surface area contributed by atoms with Crippen LogP contribution in [0.1, 0.15) is 21.5 Å². The van der Waals surface area contributed by atoms with E-state index < -0.39 is 0 Å². The van der Waals surface area contributed by atoms with Crippen molar-refractivity contribution in [3.8, 4) is 0 Å². The van der Waals surface area contributed by atoms with E-state index in [0.29, 0.717) is 5.56 Å². The van der Waals surface area contributed by atoms with Crippen molar-refractivity contribution in [3.63, 3.8) is 0 Å². The van der Waals surface area contributed by atoms with E-state index in [-0.39, 0.29) is 5.97 Å². The van der Waals surface area contributed by atoms with E-state index in [0.717, 1.165) is 28.5 Å². The summed E-state index contributed by atoms with van der Waals surface area (Å²) in [4.78, 5) is 14.8. The van der Waals surface area contributed by atoms with E-state index in [2.05, 4.69) is 11.6 Å². The lowest BCUT2D eigenvalue weighted by atomic mass is 10.0. The van der Waals surface area contributed by atoms with Crippen molar-refractivity contribution >= 4 is 16.9 Å². The fourth-order valence-corrected chi connectivity index (χ4v) is 1.99. The van der Waals surface area contributed by atoms with Crippen LogP contribution in [-0.2, 0) is 11.2 Å². The van der Waals surface area contributed by atoms with Crippen LogP contribution in [0.5, 0.6) is 0 Å². The lowest BCUT2D eigenvalue weighted by Crippen LogP contribution is -2.03. The topological polar surface area (TPSA) is 42.1 Å². The molecule has 0 aliphatic rings. The number of ether oxygens (including phenoxy) is 1. The second kappa shape index (κ2) is 4.45. The van der Waals surface area contributed by atoms with Crippen LogP contribution in [0.2, 0.25) is 0 Å². The predicted molar refractivity (Wildman–Crippen MR) is 68.3 cm³/mol. The van der Waals surface area contributed by atoms with Crippen molar-refractivity contribution in [2.24, 2.45) is 0 Å². The molecule has 0 aliphatic heterocycles. The highest BCUT2D eigenvalue weighted by molar-refractivity contribution is 5.97.